The number of aryl methyl sites for hydroxylation is 1. The maximum atomic E-state index is 11.2. The number of ether oxygens (including phenoxy) is 2. The molecule has 108 valence electrons. The highest BCUT2D eigenvalue weighted by Crippen LogP contribution is 2.20. The molecule has 1 N–H and O–H groups in total. The van der Waals surface area contributed by atoms with Crippen LogP contribution in [0.5, 0.6) is 0 Å². The molecule has 1 aromatic heterocycles. The number of fused-ring (bicyclic) bond motifs is 1. The maximum absolute atomic E-state index is 11.2. The van der Waals surface area contributed by atoms with Gasteiger partial charge in [0.25, 0.3) is 0 Å². The van der Waals surface area contributed by atoms with Gasteiger partial charge in [0.15, 0.2) is 0 Å². The van der Waals surface area contributed by atoms with Crippen molar-refractivity contribution in [1.29, 1.82) is 0 Å². The minimum atomic E-state index is -0.961. The average molecular weight is 278 g/mol. The lowest BCUT2D eigenvalue weighted by molar-refractivity contribution is 0.0668. The first-order valence-corrected chi connectivity index (χ1v) is 6.41. The van der Waals surface area contributed by atoms with Crippen molar-refractivity contribution in [2.75, 3.05) is 26.9 Å². The van der Waals surface area contributed by atoms with Crippen LogP contribution in [0.4, 0.5) is 0 Å². The van der Waals surface area contributed by atoms with Crippen LogP contribution in [0.1, 0.15) is 16.2 Å². The lowest BCUT2D eigenvalue weighted by Crippen LogP contribution is -2.10. The number of hydrogen-bond acceptors (Lipinski definition) is 4. The summed E-state index contributed by atoms with van der Waals surface area (Å²) in [7, 11) is 1.63. The molecule has 0 radical (unpaired) electrons. The molecule has 0 saturated carbocycles. The predicted molar refractivity (Wildman–Crippen MR) is 74.1 cm³/mol. The molecule has 0 unspecified atom stereocenters. The molecule has 0 aliphatic rings. The van der Waals surface area contributed by atoms with E-state index in [4.69, 9.17) is 14.6 Å². The quantitative estimate of drug-likeness (QED) is 0.780. The third kappa shape index (κ3) is 2.97. The summed E-state index contributed by atoms with van der Waals surface area (Å²) in [6.45, 7) is 4.14. The van der Waals surface area contributed by atoms with E-state index in [0.717, 1.165) is 11.3 Å². The fourth-order valence-electron chi connectivity index (χ4n) is 2.12. The van der Waals surface area contributed by atoms with Gasteiger partial charge in [-0.3, -0.25) is 0 Å². The van der Waals surface area contributed by atoms with Crippen LogP contribution >= 0.6 is 0 Å². The molecule has 0 spiro atoms. The number of hydrogen-bond donors (Lipinski definition) is 1. The Morgan fingerprint density at radius 3 is 2.85 bits per heavy atom. The second kappa shape index (κ2) is 6.49. The van der Waals surface area contributed by atoms with Crippen LogP contribution in [-0.2, 0) is 16.0 Å². The molecule has 2 rings (SSSR count). The molecular weight excluding hydrogens is 260 g/mol. The zero-order valence-corrected chi connectivity index (χ0v) is 11.6. The summed E-state index contributed by atoms with van der Waals surface area (Å²) in [4.78, 5) is 15.5. The summed E-state index contributed by atoms with van der Waals surface area (Å²) in [6, 6.07) is 5.17. The summed E-state index contributed by atoms with van der Waals surface area (Å²) in [5.74, 6) is -0.180. The van der Waals surface area contributed by atoms with Gasteiger partial charge in [-0.1, -0.05) is 6.07 Å². The van der Waals surface area contributed by atoms with Gasteiger partial charge in [-0.15, -0.1) is 0 Å². The van der Waals surface area contributed by atoms with Gasteiger partial charge in [0, 0.05) is 13.7 Å². The molecule has 1 heterocycles. The predicted octanol–water partition coefficient (Wildman–Crippen LogP) is 1.71. The van der Waals surface area contributed by atoms with Crippen molar-refractivity contribution in [3.63, 3.8) is 0 Å². The number of aromatic nitrogens is 2. The van der Waals surface area contributed by atoms with Crippen LogP contribution in [0.15, 0.2) is 18.2 Å². The molecule has 0 amide bonds. The summed E-state index contributed by atoms with van der Waals surface area (Å²) in [5.41, 5.74) is 1.57. The van der Waals surface area contributed by atoms with Crippen LogP contribution in [0, 0.1) is 6.92 Å². The summed E-state index contributed by atoms with van der Waals surface area (Å²) in [6.07, 6.45) is 0. The smallest absolute Gasteiger partial charge is 0.337 e. The Bertz CT molecular complexity index is 606. The Balaban J connectivity index is 2.19. The van der Waals surface area contributed by atoms with E-state index in [1.165, 1.54) is 0 Å². The molecule has 0 atom stereocenters. The van der Waals surface area contributed by atoms with Gasteiger partial charge in [0.1, 0.15) is 11.3 Å². The van der Waals surface area contributed by atoms with Crippen LogP contribution < -0.4 is 0 Å². The number of aromatic carboxylic acids is 1. The SMILES string of the molecule is COCCOCCn1c(C)nc2c(C(=O)O)cccc21. The fourth-order valence-corrected chi connectivity index (χ4v) is 2.12. The lowest BCUT2D eigenvalue weighted by Gasteiger charge is -2.07. The molecule has 0 bridgehead atoms. The van der Waals surface area contributed by atoms with Gasteiger partial charge in [-0.2, -0.15) is 0 Å². The lowest BCUT2D eigenvalue weighted by atomic mass is 10.2. The van der Waals surface area contributed by atoms with Gasteiger partial charge in [0.05, 0.1) is 30.9 Å². The Morgan fingerprint density at radius 1 is 1.35 bits per heavy atom. The second-order valence-electron chi connectivity index (χ2n) is 4.39. The van der Waals surface area contributed by atoms with Crippen molar-refractivity contribution in [3.8, 4) is 0 Å². The number of imidazole rings is 1. The van der Waals surface area contributed by atoms with Crippen molar-refractivity contribution < 1.29 is 19.4 Å². The van der Waals surface area contributed by atoms with E-state index in [1.54, 1.807) is 19.2 Å². The Hall–Kier alpha value is -1.92. The van der Waals surface area contributed by atoms with E-state index >= 15 is 0 Å². The number of benzene rings is 1. The molecule has 1 aromatic carbocycles. The molecule has 0 fully saturated rings. The summed E-state index contributed by atoms with van der Waals surface area (Å²) in [5, 5.41) is 9.17. The molecule has 0 saturated heterocycles. The topological polar surface area (TPSA) is 73.6 Å². The van der Waals surface area contributed by atoms with Gasteiger partial charge < -0.3 is 19.1 Å². The van der Waals surface area contributed by atoms with E-state index < -0.39 is 5.97 Å². The molecule has 0 aliphatic heterocycles. The zero-order valence-electron chi connectivity index (χ0n) is 11.6. The molecular formula is C14H18N2O4. The van der Waals surface area contributed by atoms with Gasteiger partial charge in [0.2, 0.25) is 0 Å². The standard InChI is InChI=1S/C14H18N2O4/c1-10-15-13-11(14(17)18)4-3-5-12(13)16(10)6-7-20-9-8-19-2/h3-5H,6-9H2,1-2H3,(H,17,18). The number of rotatable bonds is 7. The van der Waals surface area contributed by atoms with E-state index in [9.17, 15) is 4.79 Å². The molecule has 6 heteroatoms. The first kappa shape index (κ1) is 14.5. The summed E-state index contributed by atoms with van der Waals surface area (Å²) < 4.78 is 12.3. The molecule has 2 aromatic rings. The first-order chi connectivity index (χ1) is 9.65. The largest absolute Gasteiger partial charge is 0.478 e. The number of carboxylic acid groups (broad SMARTS) is 1. The normalized spacial score (nSPS) is 11.1. The molecule has 20 heavy (non-hydrogen) atoms. The van der Waals surface area contributed by atoms with Crippen molar-refractivity contribution in [3.05, 3.63) is 29.6 Å². The average Bonchev–Trinajstić information content (AvgIpc) is 2.74. The third-order valence-electron chi connectivity index (χ3n) is 3.09. The summed E-state index contributed by atoms with van der Waals surface area (Å²) >= 11 is 0. The third-order valence-corrected chi connectivity index (χ3v) is 3.09. The van der Waals surface area contributed by atoms with Gasteiger partial charge >= 0.3 is 5.97 Å². The van der Waals surface area contributed by atoms with Gasteiger partial charge in [-0.25, -0.2) is 9.78 Å². The molecule has 0 aliphatic carbocycles. The van der Waals surface area contributed by atoms with Crippen LogP contribution in [-0.4, -0.2) is 47.6 Å². The Kier molecular flexibility index (Phi) is 4.70. The van der Waals surface area contributed by atoms with Gasteiger partial charge in [-0.05, 0) is 19.1 Å². The highest BCUT2D eigenvalue weighted by Gasteiger charge is 2.14. The Morgan fingerprint density at radius 2 is 2.15 bits per heavy atom. The molecule has 6 nitrogen and oxygen atoms in total. The van der Waals surface area contributed by atoms with E-state index in [0.29, 0.717) is 31.9 Å². The second-order valence-corrected chi connectivity index (χ2v) is 4.39. The maximum Gasteiger partial charge on any atom is 0.337 e. The first-order valence-electron chi connectivity index (χ1n) is 6.41. The van der Waals surface area contributed by atoms with Crippen LogP contribution in [0.25, 0.3) is 11.0 Å². The minimum Gasteiger partial charge on any atom is -0.478 e. The van der Waals surface area contributed by atoms with E-state index in [2.05, 4.69) is 4.98 Å². The van der Waals surface area contributed by atoms with Crippen molar-refractivity contribution in [2.24, 2.45) is 0 Å². The Labute approximate surface area is 116 Å². The minimum absolute atomic E-state index is 0.227. The van der Waals surface area contributed by atoms with Crippen LogP contribution in [0.3, 0.4) is 0 Å². The number of carbonyl (C=O) groups is 1. The van der Waals surface area contributed by atoms with E-state index in [-0.39, 0.29) is 5.56 Å². The highest BCUT2D eigenvalue weighted by atomic mass is 16.5. The highest BCUT2D eigenvalue weighted by molar-refractivity contribution is 6.01. The number of para-hydroxylation sites is 1. The monoisotopic (exact) mass is 278 g/mol. The van der Waals surface area contributed by atoms with Crippen molar-refractivity contribution in [1.82, 2.24) is 9.55 Å². The van der Waals surface area contributed by atoms with Crippen LogP contribution in [0.2, 0.25) is 0 Å². The zero-order chi connectivity index (χ0) is 14.5. The number of nitrogens with zero attached hydrogens (tertiary/aromatic N) is 2. The van der Waals surface area contributed by atoms with Crippen molar-refractivity contribution >= 4 is 17.0 Å². The van der Waals surface area contributed by atoms with E-state index in [1.807, 2.05) is 17.6 Å². The number of carboxylic acids is 1. The fraction of sp³-hybridized carbons (Fsp3) is 0.429. The van der Waals surface area contributed by atoms with Crippen molar-refractivity contribution in [2.45, 2.75) is 13.5 Å². The number of methoxy groups -OCH3 is 1.